The zero-order chi connectivity index (χ0) is 12.7. The van der Waals surface area contributed by atoms with Crippen molar-refractivity contribution in [1.29, 1.82) is 0 Å². The minimum absolute atomic E-state index is 0.256. The number of nitrogens with zero attached hydrogens (tertiary/aromatic N) is 1. The van der Waals surface area contributed by atoms with Crippen LogP contribution in [-0.2, 0) is 9.53 Å². The van der Waals surface area contributed by atoms with E-state index in [1.165, 1.54) is 12.8 Å². The Hall–Kier alpha value is -0.280. The fourth-order valence-electron chi connectivity index (χ4n) is 2.09. The highest BCUT2D eigenvalue weighted by molar-refractivity contribution is 6.17. The molecule has 1 unspecified atom stereocenters. The van der Waals surface area contributed by atoms with E-state index in [1.807, 2.05) is 4.90 Å². The third-order valence-electron chi connectivity index (χ3n) is 3.43. The number of amides is 1. The summed E-state index contributed by atoms with van der Waals surface area (Å²) >= 11 is 5.63. The van der Waals surface area contributed by atoms with Crippen molar-refractivity contribution in [2.45, 2.75) is 45.1 Å². The topological polar surface area (TPSA) is 29.5 Å². The lowest BCUT2D eigenvalue weighted by atomic mass is 10.1. The van der Waals surface area contributed by atoms with Gasteiger partial charge >= 0.3 is 0 Å². The van der Waals surface area contributed by atoms with Gasteiger partial charge in [0.05, 0.1) is 6.61 Å². The standard InChI is InChI=1S/C13H24ClNO2/c1-11(12-6-7-12)15(9-10-17-2)13(16)5-3-4-8-14/h11-12H,3-10H2,1-2H3. The summed E-state index contributed by atoms with van der Waals surface area (Å²) in [5.41, 5.74) is 0. The first kappa shape index (κ1) is 14.8. The van der Waals surface area contributed by atoms with Gasteiger partial charge in [-0.15, -0.1) is 11.6 Å². The molecule has 0 aliphatic heterocycles. The van der Waals surface area contributed by atoms with E-state index in [0.717, 1.165) is 12.8 Å². The Morgan fingerprint density at radius 1 is 1.47 bits per heavy atom. The monoisotopic (exact) mass is 261 g/mol. The van der Waals surface area contributed by atoms with E-state index >= 15 is 0 Å². The van der Waals surface area contributed by atoms with Crippen LogP contribution in [0.25, 0.3) is 0 Å². The minimum atomic E-state index is 0.256. The van der Waals surface area contributed by atoms with Crippen LogP contribution in [0.3, 0.4) is 0 Å². The SMILES string of the molecule is COCCN(C(=O)CCCCCl)C(C)C1CC1. The van der Waals surface area contributed by atoms with Gasteiger partial charge in [0.25, 0.3) is 0 Å². The van der Waals surface area contributed by atoms with Crippen molar-refractivity contribution in [1.82, 2.24) is 4.90 Å². The number of unbranched alkanes of at least 4 members (excludes halogenated alkanes) is 1. The second-order valence-electron chi connectivity index (χ2n) is 4.80. The zero-order valence-corrected chi connectivity index (χ0v) is 11.7. The molecule has 1 rings (SSSR count). The van der Waals surface area contributed by atoms with E-state index in [2.05, 4.69) is 6.92 Å². The van der Waals surface area contributed by atoms with Crippen LogP contribution in [0.4, 0.5) is 0 Å². The number of rotatable bonds is 9. The first-order chi connectivity index (χ1) is 8.20. The lowest BCUT2D eigenvalue weighted by molar-refractivity contribution is -0.134. The van der Waals surface area contributed by atoms with Gasteiger partial charge < -0.3 is 9.64 Å². The highest BCUT2D eigenvalue weighted by Gasteiger charge is 2.33. The van der Waals surface area contributed by atoms with Crippen molar-refractivity contribution < 1.29 is 9.53 Å². The highest BCUT2D eigenvalue weighted by Crippen LogP contribution is 2.35. The molecule has 0 saturated heterocycles. The molecule has 0 aromatic carbocycles. The normalized spacial score (nSPS) is 16.9. The summed E-state index contributed by atoms with van der Waals surface area (Å²) in [7, 11) is 1.68. The number of halogens is 1. The van der Waals surface area contributed by atoms with Crippen molar-refractivity contribution >= 4 is 17.5 Å². The summed E-state index contributed by atoms with van der Waals surface area (Å²) in [6, 6.07) is 0.369. The van der Waals surface area contributed by atoms with Gasteiger partial charge in [-0.2, -0.15) is 0 Å². The summed E-state index contributed by atoms with van der Waals surface area (Å²) in [5, 5.41) is 0. The first-order valence-corrected chi connectivity index (χ1v) is 7.08. The molecule has 1 fully saturated rings. The Balaban J connectivity index is 2.39. The number of hydrogen-bond donors (Lipinski definition) is 0. The fourth-order valence-corrected chi connectivity index (χ4v) is 2.28. The number of carbonyl (C=O) groups is 1. The van der Waals surface area contributed by atoms with Crippen molar-refractivity contribution in [2.24, 2.45) is 5.92 Å². The molecule has 0 bridgehead atoms. The molecule has 4 heteroatoms. The average molecular weight is 262 g/mol. The predicted molar refractivity (Wildman–Crippen MR) is 70.3 cm³/mol. The number of ether oxygens (including phenoxy) is 1. The van der Waals surface area contributed by atoms with Gasteiger partial charge in [0, 0.05) is 32.0 Å². The molecular weight excluding hydrogens is 238 g/mol. The molecule has 0 spiro atoms. The maximum atomic E-state index is 12.1. The summed E-state index contributed by atoms with van der Waals surface area (Å²) in [6.07, 6.45) is 4.96. The van der Waals surface area contributed by atoms with E-state index < -0.39 is 0 Å². The Morgan fingerprint density at radius 2 is 2.18 bits per heavy atom. The van der Waals surface area contributed by atoms with Gasteiger partial charge in [-0.3, -0.25) is 4.79 Å². The molecule has 17 heavy (non-hydrogen) atoms. The molecule has 0 radical (unpaired) electrons. The Bertz CT molecular complexity index is 231. The van der Waals surface area contributed by atoms with Crippen LogP contribution in [0.1, 0.15) is 39.0 Å². The first-order valence-electron chi connectivity index (χ1n) is 6.55. The van der Waals surface area contributed by atoms with E-state index in [0.29, 0.717) is 37.4 Å². The smallest absolute Gasteiger partial charge is 0.222 e. The molecule has 1 aliphatic carbocycles. The fraction of sp³-hybridized carbons (Fsp3) is 0.923. The lowest BCUT2D eigenvalue weighted by Gasteiger charge is -2.29. The summed E-state index contributed by atoms with van der Waals surface area (Å²) in [4.78, 5) is 14.1. The number of hydrogen-bond acceptors (Lipinski definition) is 2. The number of methoxy groups -OCH3 is 1. The van der Waals surface area contributed by atoms with Gasteiger partial charge in [-0.25, -0.2) is 0 Å². The quantitative estimate of drug-likeness (QED) is 0.472. The van der Waals surface area contributed by atoms with Crippen molar-refractivity contribution in [3.05, 3.63) is 0 Å². The second-order valence-corrected chi connectivity index (χ2v) is 5.18. The zero-order valence-electron chi connectivity index (χ0n) is 11.0. The third kappa shape index (κ3) is 5.26. The Morgan fingerprint density at radius 3 is 2.71 bits per heavy atom. The molecule has 0 aromatic rings. The van der Waals surface area contributed by atoms with Gasteiger partial charge in [0.2, 0.25) is 5.91 Å². The minimum Gasteiger partial charge on any atom is -0.383 e. The van der Waals surface area contributed by atoms with Crippen LogP contribution in [0.2, 0.25) is 0 Å². The molecule has 1 saturated carbocycles. The van der Waals surface area contributed by atoms with E-state index in [4.69, 9.17) is 16.3 Å². The van der Waals surface area contributed by atoms with E-state index in [9.17, 15) is 4.79 Å². The second kappa shape index (κ2) is 7.93. The Kier molecular flexibility index (Phi) is 6.90. The predicted octanol–water partition coefficient (Wildman–Crippen LogP) is 2.67. The number of carbonyl (C=O) groups excluding carboxylic acids is 1. The highest BCUT2D eigenvalue weighted by atomic mass is 35.5. The van der Waals surface area contributed by atoms with Crippen LogP contribution in [0, 0.1) is 5.92 Å². The summed E-state index contributed by atoms with van der Waals surface area (Å²) in [5.74, 6) is 1.61. The van der Waals surface area contributed by atoms with E-state index in [-0.39, 0.29) is 5.91 Å². The van der Waals surface area contributed by atoms with Crippen LogP contribution in [-0.4, -0.2) is 43.0 Å². The average Bonchev–Trinajstić information content (AvgIpc) is 3.13. The van der Waals surface area contributed by atoms with Crippen LogP contribution in [0.5, 0.6) is 0 Å². The van der Waals surface area contributed by atoms with Crippen LogP contribution >= 0.6 is 11.6 Å². The molecule has 1 aliphatic rings. The van der Waals surface area contributed by atoms with Crippen LogP contribution in [0.15, 0.2) is 0 Å². The van der Waals surface area contributed by atoms with Gasteiger partial charge in [0.15, 0.2) is 0 Å². The molecular formula is C13H24ClNO2. The molecule has 3 nitrogen and oxygen atoms in total. The van der Waals surface area contributed by atoms with Crippen LogP contribution < -0.4 is 0 Å². The molecule has 0 heterocycles. The van der Waals surface area contributed by atoms with Gasteiger partial charge in [-0.1, -0.05) is 0 Å². The number of alkyl halides is 1. The Labute approximate surface area is 109 Å². The van der Waals surface area contributed by atoms with Crippen molar-refractivity contribution in [2.75, 3.05) is 26.1 Å². The lowest BCUT2D eigenvalue weighted by Crippen LogP contribution is -2.41. The molecule has 100 valence electrons. The molecule has 0 aromatic heterocycles. The maximum absolute atomic E-state index is 12.1. The largest absolute Gasteiger partial charge is 0.383 e. The molecule has 1 amide bonds. The molecule has 0 N–H and O–H groups in total. The maximum Gasteiger partial charge on any atom is 0.222 e. The third-order valence-corrected chi connectivity index (χ3v) is 3.69. The van der Waals surface area contributed by atoms with E-state index in [1.54, 1.807) is 7.11 Å². The van der Waals surface area contributed by atoms with Crippen molar-refractivity contribution in [3.63, 3.8) is 0 Å². The molecule has 1 atom stereocenters. The van der Waals surface area contributed by atoms with Crippen molar-refractivity contribution in [3.8, 4) is 0 Å². The summed E-state index contributed by atoms with van der Waals surface area (Å²) in [6.45, 7) is 3.50. The van der Waals surface area contributed by atoms with Gasteiger partial charge in [-0.05, 0) is 38.5 Å². The van der Waals surface area contributed by atoms with Gasteiger partial charge in [0.1, 0.15) is 0 Å². The summed E-state index contributed by atoms with van der Waals surface area (Å²) < 4.78 is 5.08.